The monoisotopic (exact) mass is 448 g/mol. The molecule has 0 aliphatic heterocycles. The van der Waals surface area contributed by atoms with Crippen LogP contribution in [0.3, 0.4) is 0 Å². The van der Waals surface area contributed by atoms with Crippen LogP contribution in [0, 0.1) is 0 Å². The van der Waals surface area contributed by atoms with Crippen molar-refractivity contribution in [1.82, 2.24) is 4.57 Å². The van der Waals surface area contributed by atoms with E-state index in [0.717, 1.165) is 10.2 Å². The lowest BCUT2D eigenvalue weighted by Crippen LogP contribution is -2.19. The highest BCUT2D eigenvalue weighted by molar-refractivity contribution is 7.16. The molecule has 136 valence electrons. The van der Waals surface area contributed by atoms with Crippen molar-refractivity contribution in [2.75, 3.05) is 13.7 Å². The van der Waals surface area contributed by atoms with E-state index in [1.54, 1.807) is 31.4 Å². The number of hydrogen-bond donors (Lipinski definition) is 0. The molecule has 9 heteroatoms. The number of hydrogen-bond acceptors (Lipinski definition) is 3. The Bertz CT molecular complexity index is 1060. The van der Waals surface area contributed by atoms with Crippen LogP contribution in [-0.2, 0) is 11.3 Å². The van der Waals surface area contributed by atoms with E-state index in [-0.39, 0.29) is 10.6 Å². The van der Waals surface area contributed by atoms with Gasteiger partial charge in [0.1, 0.15) is 0 Å². The Balaban J connectivity index is 2.17. The Hall–Kier alpha value is -1.08. The number of aromatic nitrogens is 1. The maximum absolute atomic E-state index is 12.6. The molecule has 0 radical (unpaired) electrons. The molecule has 0 aliphatic carbocycles. The Morgan fingerprint density at radius 3 is 2.54 bits per heavy atom. The molecule has 26 heavy (non-hydrogen) atoms. The summed E-state index contributed by atoms with van der Waals surface area (Å²) in [6, 6.07) is 8.09. The van der Waals surface area contributed by atoms with Crippen molar-refractivity contribution in [3.63, 3.8) is 0 Å². The number of ether oxygens (including phenoxy) is 1. The fraction of sp³-hybridized carbons (Fsp3) is 0.176. The molecule has 0 saturated heterocycles. The molecular weight excluding hydrogens is 438 g/mol. The number of thiazole rings is 1. The van der Waals surface area contributed by atoms with Gasteiger partial charge in [0.25, 0.3) is 5.91 Å². The summed E-state index contributed by atoms with van der Waals surface area (Å²) in [7, 11) is 1.60. The van der Waals surface area contributed by atoms with Gasteiger partial charge in [-0.1, -0.05) is 57.7 Å². The van der Waals surface area contributed by atoms with Crippen LogP contribution >= 0.6 is 57.7 Å². The van der Waals surface area contributed by atoms with Crippen LogP contribution in [0.1, 0.15) is 10.4 Å². The van der Waals surface area contributed by atoms with Crippen molar-refractivity contribution in [2.24, 2.45) is 4.99 Å². The molecule has 3 aromatic rings. The fourth-order valence-electron chi connectivity index (χ4n) is 2.41. The summed E-state index contributed by atoms with van der Waals surface area (Å²) in [5.41, 5.74) is 1.03. The second kappa shape index (κ2) is 8.30. The quantitative estimate of drug-likeness (QED) is 0.512. The minimum atomic E-state index is -0.466. The van der Waals surface area contributed by atoms with Gasteiger partial charge in [-0.2, -0.15) is 4.99 Å². The molecule has 0 fully saturated rings. The first kappa shape index (κ1) is 19.7. The van der Waals surface area contributed by atoms with Gasteiger partial charge in [0.2, 0.25) is 0 Å². The largest absolute Gasteiger partial charge is 0.383 e. The SMILES string of the molecule is COCCn1c(=NC(=O)c2ccc(Cl)cc2Cl)sc2cc(Cl)cc(Cl)c21. The average Bonchev–Trinajstić information content (AvgIpc) is 2.89. The number of methoxy groups -OCH3 is 1. The molecule has 0 N–H and O–H groups in total. The molecule has 1 amide bonds. The number of fused-ring (bicyclic) bond motifs is 1. The summed E-state index contributed by atoms with van der Waals surface area (Å²) >= 11 is 25.8. The predicted octanol–water partition coefficient (Wildman–Crippen LogP) is 5.70. The van der Waals surface area contributed by atoms with Crippen molar-refractivity contribution < 1.29 is 9.53 Å². The van der Waals surface area contributed by atoms with Gasteiger partial charge >= 0.3 is 0 Å². The highest BCUT2D eigenvalue weighted by atomic mass is 35.5. The number of carbonyl (C=O) groups is 1. The summed E-state index contributed by atoms with van der Waals surface area (Å²) in [6.45, 7) is 0.923. The Morgan fingerprint density at radius 1 is 1.12 bits per heavy atom. The first-order valence-electron chi connectivity index (χ1n) is 7.42. The number of amides is 1. The molecular formula is C17H12Cl4N2O2S. The molecule has 0 saturated carbocycles. The van der Waals surface area contributed by atoms with E-state index in [1.807, 2.05) is 4.57 Å². The minimum absolute atomic E-state index is 0.247. The van der Waals surface area contributed by atoms with Crippen LogP contribution in [0.5, 0.6) is 0 Å². The van der Waals surface area contributed by atoms with E-state index in [0.29, 0.717) is 33.0 Å². The summed E-state index contributed by atoms with van der Waals surface area (Å²) < 4.78 is 7.82. The second-order valence-electron chi connectivity index (χ2n) is 5.30. The molecule has 1 heterocycles. The van der Waals surface area contributed by atoms with Gasteiger partial charge in [0.05, 0.1) is 32.4 Å². The molecule has 4 nitrogen and oxygen atoms in total. The van der Waals surface area contributed by atoms with Crippen LogP contribution < -0.4 is 4.80 Å². The lowest BCUT2D eigenvalue weighted by molar-refractivity contribution is 0.0997. The summed E-state index contributed by atoms with van der Waals surface area (Å²) in [5.74, 6) is -0.466. The number of carbonyl (C=O) groups excluding carboxylic acids is 1. The predicted molar refractivity (Wildman–Crippen MR) is 108 cm³/mol. The maximum atomic E-state index is 12.6. The summed E-state index contributed by atoms with van der Waals surface area (Å²) in [6.07, 6.45) is 0. The van der Waals surface area contributed by atoms with Crippen LogP contribution in [0.2, 0.25) is 20.1 Å². The standard InChI is InChI=1S/C17H12Cl4N2O2S/c1-25-5-4-23-15-13(21)7-10(19)8-14(15)26-17(23)22-16(24)11-3-2-9(18)6-12(11)20/h2-3,6-8H,4-5H2,1H3. The normalized spacial score (nSPS) is 12.1. The molecule has 0 spiro atoms. The molecule has 2 aromatic carbocycles. The third-order valence-corrected chi connectivity index (χ3v) is 5.65. The van der Waals surface area contributed by atoms with E-state index in [9.17, 15) is 4.79 Å². The molecule has 0 bridgehead atoms. The van der Waals surface area contributed by atoms with Crippen LogP contribution in [0.25, 0.3) is 10.2 Å². The van der Waals surface area contributed by atoms with Gasteiger partial charge in [0, 0.05) is 23.7 Å². The van der Waals surface area contributed by atoms with Gasteiger partial charge in [0.15, 0.2) is 4.80 Å². The van der Waals surface area contributed by atoms with Gasteiger partial charge < -0.3 is 9.30 Å². The zero-order valence-corrected chi connectivity index (χ0v) is 17.3. The average molecular weight is 450 g/mol. The minimum Gasteiger partial charge on any atom is -0.383 e. The first-order valence-corrected chi connectivity index (χ1v) is 9.75. The van der Waals surface area contributed by atoms with Gasteiger partial charge in [-0.25, -0.2) is 0 Å². The number of nitrogens with zero attached hydrogens (tertiary/aromatic N) is 2. The smallest absolute Gasteiger partial charge is 0.281 e. The van der Waals surface area contributed by atoms with Crippen LogP contribution in [0.15, 0.2) is 35.3 Å². The third kappa shape index (κ3) is 4.09. The van der Waals surface area contributed by atoms with E-state index >= 15 is 0 Å². The number of benzene rings is 2. The highest BCUT2D eigenvalue weighted by Crippen LogP contribution is 2.30. The van der Waals surface area contributed by atoms with E-state index < -0.39 is 5.91 Å². The Labute approximate surface area is 173 Å². The zero-order chi connectivity index (χ0) is 18.8. The molecule has 0 atom stereocenters. The van der Waals surface area contributed by atoms with Crippen LogP contribution in [0.4, 0.5) is 0 Å². The fourth-order valence-corrected chi connectivity index (χ4v) is 4.74. The Kier molecular flexibility index (Phi) is 6.28. The molecule has 0 unspecified atom stereocenters. The Morgan fingerprint density at radius 2 is 1.85 bits per heavy atom. The summed E-state index contributed by atoms with van der Waals surface area (Å²) in [4.78, 5) is 17.3. The van der Waals surface area contributed by atoms with Crippen molar-refractivity contribution in [2.45, 2.75) is 6.54 Å². The second-order valence-corrected chi connectivity index (χ2v) is 8.00. The van der Waals surface area contributed by atoms with Crippen molar-refractivity contribution >= 4 is 73.9 Å². The number of halogens is 4. The van der Waals surface area contributed by atoms with E-state index in [1.165, 1.54) is 17.4 Å². The van der Waals surface area contributed by atoms with Crippen molar-refractivity contribution in [3.05, 3.63) is 60.8 Å². The topological polar surface area (TPSA) is 43.6 Å². The maximum Gasteiger partial charge on any atom is 0.281 e. The highest BCUT2D eigenvalue weighted by Gasteiger charge is 2.14. The molecule has 0 aliphatic rings. The zero-order valence-electron chi connectivity index (χ0n) is 13.4. The third-order valence-electron chi connectivity index (χ3n) is 3.57. The lowest BCUT2D eigenvalue weighted by Gasteiger charge is -2.06. The number of rotatable bonds is 4. The van der Waals surface area contributed by atoms with E-state index in [2.05, 4.69) is 4.99 Å². The summed E-state index contributed by atoms with van der Waals surface area (Å²) in [5, 5.41) is 1.70. The van der Waals surface area contributed by atoms with Crippen molar-refractivity contribution in [1.29, 1.82) is 0 Å². The van der Waals surface area contributed by atoms with E-state index in [4.69, 9.17) is 51.1 Å². The molecule has 1 aromatic heterocycles. The first-order chi connectivity index (χ1) is 12.4. The van der Waals surface area contributed by atoms with Crippen molar-refractivity contribution in [3.8, 4) is 0 Å². The van der Waals surface area contributed by atoms with Gasteiger partial charge in [-0.05, 0) is 30.3 Å². The van der Waals surface area contributed by atoms with Crippen LogP contribution in [-0.4, -0.2) is 24.2 Å². The lowest BCUT2D eigenvalue weighted by atomic mass is 10.2. The molecule has 3 rings (SSSR count). The van der Waals surface area contributed by atoms with Gasteiger partial charge in [-0.15, -0.1) is 0 Å². The van der Waals surface area contributed by atoms with Gasteiger partial charge in [-0.3, -0.25) is 4.79 Å².